The summed E-state index contributed by atoms with van der Waals surface area (Å²) in [4.78, 5) is 11.0. The summed E-state index contributed by atoms with van der Waals surface area (Å²) in [5.74, 6) is -0.613. The molecule has 0 fully saturated rings. The van der Waals surface area contributed by atoms with Crippen molar-refractivity contribution in [2.45, 2.75) is 26.7 Å². The second kappa shape index (κ2) is 5.72. The van der Waals surface area contributed by atoms with Crippen LogP contribution in [-0.4, -0.2) is 12.5 Å². The lowest BCUT2D eigenvalue weighted by atomic mass is 10.1. The molecule has 3 heteroatoms. The van der Waals surface area contributed by atoms with E-state index >= 15 is 0 Å². The third-order valence-corrected chi connectivity index (χ3v) is 1.43. The fourth-order valence-corrected chi connectivity index (χ4v) is 0.707. The zero-order chi connectivity index (χ0) is 8.69. The largest absolute Gasteiger partial charge is 0.355 e. The molecule has 0 aromatic rings. The molecule has 0 saturated heterocycles. The summed E-state index contributed by atoms with van der Waals surface area (Å²) < 4.78 is 0. The molecule has 11 heavy (non-hydrogen) atoms. The van der Waals surface area contributed by atoms with Gasteiger partial charge in [-0.25, -0.2) is 0 Å². The minimum atomic E-state index is -0.471. The molecule has 0 rings (SSSR count). The van der Waals surface area contributed by atoms with Gasteiger partial charge in [0, 0.05) is 6.54 Å². The number of nitriles is 1. The third kappa shape index (κ3) is 3.61. The average Bonchev–Trinajstić information content (AvgIpc) is 2.03. The Morgan fingerprint density at radius 2 is 2.27 bits per heavy atom. The number of rotatable bonds is 4. The van der Waals surface area contributed by atoms with E-state index in [1.165, 1.54) is 0 Å². The first-order valence-corrected chi connectivity index (χ1v) is 3.93. The van der Waals surface area contributed by atoms with Crippen molar-refractivity contribution in [2.75, 3.05) is 6.54 Å². The number of carbonyl (C=O) groups is 1. The van der Waals surface area contributed by atoms with Crippen molar-refractivity contribution in [3.8, 4) is 6.07 Å². The zero-order valence-corrected chi connectivity index (χ0v) is 7.05. The van der Waals surface area contributed by atoms with Gasteiger partial charge < -0.3 is 5.32 Å². The van der Waals surface area contributed by atoms with E-state index in [1.54, 1.807) is 0 Å². The number of hydrogen-bond acceptors (Lipinski definition) is 2. The second-order valence-corrected chi connectivity index (χ2v) is 2.38. The van der Waals surface area contributed by atoms with Crippen LogP contribution in [0.3, 0.4) is 0 Å². The molecular weight excluding hydrogens is 140 g/mol. The van der Waals surface area contributed by atoms with Crippen molar-refractivity contribution in [2.24, 2.45) is 5.92 Å². The lowest BCUT2D eigenvalue weighted by Crippen LogP contribution is -2.30. The van der Waals surface area contributed by atoms with Gasteiger partial charge in [-0.15, -0.1) is 0 Å². The van der Waals surface area contributed by atoms with E-state index in [2.05, 4.69) is 5.32 Å². The molecule has 0 heterocycles. The van der Waals surface area contributed by atoms with Crippen LogP contribution in [0.1, 0.15) is 26.7 Å². The number of nitrogens with zero attached hydrogens (tertiary/aromatic N) is 1. The van der Waals surface area contributed by atoms with E-state index in [1.807, 2.05) is 19.9 Å². The van der Waals surface area contributed by atoms with Crippen LogP contribution < -0.4 is 5.32 Å². The Hall–Kier alpha value is -1.04. The smallest absolute Gasteiger partial charge is 0.237 e. The van der Waals surface area contributed by atoms with Gasteiger partial charge in [-0.05, 0) is 12.8 Å². The molecule has 3 nitrogen and oxygen atoms in total. The fraction of sp³-hybridized carbons (Fsp3) is 0.750. The van der Waals surface area contributed by atoms with Crippen molar-refractivity contribution in [3.05, 3.63) is 0 Å². The van der Waals surface area contributed by atoms with Gasteiger partial charge in [-0.2, -0.15) is 5.26 Å². The minimum absolute atomic E-state index is 0.142. The molecule has 1 unspecified atom stereocenters. The van der Waals surface area contributed by atoms with Crippen molar-refractivity contribution >= 4 is 5.91 Å². The van der Waals surface area contributed by atoms with Crippen LogP contribution in [0.2, 0.25) is 0 Å². The van der Waals surface area contributed by atoms with Crippen molar-refractivity contribution in [3.63, 3.8) is 0 Å². The SMILES string of the molecule is CCCNC(=O)C(C#N)CC. The van der Waals surface area contributed by atoms with E-state index in [4.69, 9.17) is 5.26 Å². The Bertz CT molecular complexity index is 160. The Balaban J connectivity index is 3.72. The molecule has 0 aromatic heterocycles. The number of nitrogens with one attached hydrogen (secondary N) is 1. The molecule has 0 bridgehead atoms. The summed E-state index contributed by atoms with van der Waals surface area (Å²) >= 11 is 0. The van der Waals surface area contributed by atoms with Gasteiger partial charge in [0.05, 0.1) is 6.07 Å². The molecule has 1 atom stereocenters. The van der Waals surface area contributed by atoms with Crippen molar-refractivity contribution in [1.29, 1.82) is 5.26 Å². The summed E-state index contributed by atoms with van der Waals surface area (Å²) in [5.41, 5.74) is 0. The zero-order valence-electron chi connectivity index (χ0n) is 7.05. The van der Waals surface area contributed by atoms with Crippen molar-refractivity contribution in [1.82, 2.24) is 5.32 Å². The first-order chi connectivity index (χ1) is 5.26. The molecule has 1 amide bonds. The van der Waals surface area contributed by atoms with Gasteiger partial charge in [0.1, 0.15) is 5.92 Å². The third-order valence-electron chi connectivity index (χ3n) is 1.43. The highest BCUT2D eigenvalue weighted by atomic mass is 16.1. The molecular formula is C8H14N2O. The maximum absolute atomic E-state index is 11.0. The maximum atomic E-state index is 11.0. The molecule has 0 spiro atoms. The first-order valence-electron chi connectivity index (χ1n) is 3.93. The number of carbonyl (C=O) groups excluding carboxylic acids is 1. The second-order valence-electron chi connectivity index (χ2n) is 2.38. The van der Waals surface area contributed by atoms with Gasteiger partial charge in [0.15, 0.2) is 0 Å². The monoisotopic (exact) mass is 154 g/mol. The lowest BCUT2D eigenvalue weighted by molar-refractivity contribution is -0.123. The van der Waals surface area contributed by atoms with Crippen LogP contribution >= 0.6 is 0 Å². The summed E-state index contributed by atoms with van der Waals surface area (Å²) in [5, 5.41) is 11.2. The Morgan fingerprint density at radius 1 is 1.64 bits per heavy atom. The molecule has 0 radical (unpaired) electrons. The topological polar surface area (TPSA) is 52.9 Å². The maximum Gasteiger partial charge on any atom is 0.237 e. The van der Waals surface area contributed by atoms with Gasteiger partial charge in [0.2, 0.25) is 5.91 Å². The predicted octanol–water partition coefficient (Wildman–Crippen LogP) is 1.06. The van der Waals surface area contributed by atoms with Crippen LogP contribution in [0.25, 0.3) is 0 Å². The van der Waals surface area contributed by atoms with Crippen LogP contribution in [0.4, 0.5) is 0 Å². The summed E-state index contributed by atoms with van der Waals surface area (Å²) in [6.45, 7) is 4.48. The average molecular weight is 154 g/mol. The van der Waals surface area contributed by atoms with Crippen LogP contribution in [0.15, 0.2) is 0 Å². The highest BCUT2D eigenvalue weighted by molar-refractivity contribution is 5.80. The molecule has 0 aliphatic rings. The van der Waals surface area contributed by atoms with Crippen LogP contribution in [-0.2, 0) is 4.79 Å². The van der Waals surface area contributed by atoms with Gasteiger partial charge in [-0.1, -0.05) is 13.8 Å². The van der Waals surface area contributed by atoms with Gasteiger partial charge >= 0.3 is 0 Å². The lowest BCUT2D eigenvalue weighted by Gasteiger charge is -2.05. The molecule has 62 valence electrons. The standard InChI is InChI=1S/C8H14N2O/c1-3-5-10-8(11)7(4-2)6-9/h7H,3-5H2,1-2H3,(H,10,11). The fourth-order valence-electron chi connectivity index (χ4n) is 0.707. The first kappa shape index (κ1) is 9.96. The highest BCUT2D eigenvalue weighted by Gasteiger charge is 2.13. The van der Waals surface area contributed by atoms with E-state index in [-0.39, 0.29) is 5.91 Å². The highest BCUT2D eigenvalue weighted by Crippen LogP contribution is 1.99. The van der Waals surface area contributed by atoms with Gasteiger partial charge in [0.25, 0.3) is 0 Å². The molecule has 0 aliphatic heterocycles. The van der Waals surface area contributed by atoms with E-state index in [0.717, 1.165) is 6.42 Å². The molecule has 0 saturated carbocycles. The summed E-state index contributed by atoms with van der Waals surface area (Å²) in [6, 6.07) is 1.95. The molecule has 0 aromatic carbocycles. The predicted molar refractivity (Wildman–Crippen MR) is 42.7 cm³/mol. The Labute approximate surface area is 67.4 Å². The van der Waals surface area contributed by atoms with Crippen LogP contribution in [0.5, 0.6) is 0 Å². The normalized spacial score (nSPS) is 11.7. The quantitative estimate of drug-likeness (QED) is 0.658. The summed E-state index contributed by atoms with van der Waals surface area (Å²) in [6.07, 6.45) is 1.50. The molecule has 1 N–H and O–H groups in total. The molecule has 0 aliphatic carbocycles. The van der Waals surface area contributed by atoms with Crippen molar-refractivity contribution < 1.29 is 4.79 Å². The van der Waals surface area contributed by atoms with E-state index in [0.29, 0.717) is 13.0 Å². The van der Waals surface area contributed by atoms with Crippen LogP contribution in [0, 0.1) is 17.2 Å². The van der Waals surface area contributed by atoms with E-state index < -0.39 is 5.92 Å². The van der Waals surface area contributed by atoms with Gasteiger partial charge in [-0.3, -0.25) is 4.79 Å². The number of hydrogen-bond donors (Lipinski definition) is 1. The van der Waals surface area contributed by atoms with E-state index in [9.17, 15) is 4.79 Å². The minimum Gasteiger partial charge on any atom is -0.355 e. The number of amides is 1. The Kier molecular flexibility index (Phi) is 5.18. The summed E-state index contributed by atoms with van der Waals surface area (Å²) in [7, 11) is 0. The Morgan fingerprint density at radius 3 is 2.64 bits per heavy atom.